The molecule has 2 heteroatoms. The maximum absolute atomic E-state index is 5.37. The number of hydrogen-bond acceptors (Lipinski definition) is 2. The summed E-state index contributed by atoms with van der Waals surface area (Å²) in [6.45, 7) is 0.980. The van der Waals surface area contributed by atoms with E-state index in [1.54, 1.807) is 0 Å². The monoisotopic (exact) mass is 151 g/mol. The van der Waals surface area contributed by atoms with Crippen LogP contribution >= 0.6 is 0 Å². The molecule has 0 aromatic heterocycles. The first-order chi connectivity index (χ1) is 5.47. The van der Waals surface area contributed by atoms with E-state index in [0.29, 0.717) is 5.92 Å². The standard InChI is InChI=1S/C9H13NO/c1-2-6-9-8(4-1)5-3-7-10-11-9/h1-2,6,8,10H,3-5,7H2. The number of allylic oxidation sites excluding steroid dienone is 4. The van der Waals surface area contributed by atoms with Crippen LogP contribution in [-0.4, -0.2) is 6.54 Å². The summed E-state index contributed by atoms with van der Waals surface area (Å²) < 4.78 is 0. The van der Waals surface area contributed by atoms with E-state index in [9.17, 15) is 0 Å². The summed E-state index contributed by atoms with van der Waals surface area (Å²) >= 11 is 0. The van der Waals surface area contributed by atoms with Crippen molar-refractivity contribution in [3.05, 3.63) is 24.0 Å². The normalized spacial score (nSPS) is 29.8. The van der Waals surface area contributed by atoms with E-state index in [-0.39, 0.29) is 0 Å². The Hall–Kier alpha value is -0.760. The predicted molar refractivity (Wildman–Crippen MR) is 43.7 cm³/mol. The van der Waals surface area contributed by atoms with E-state index >= 15 is 0 Å². The lowest BCUT2D eigenvalue weighted by molar-refractivity contribution is 0.0973. The quantitative estimate of drug-likeness (QED) is 0.569. The lowest BCUT2D eigenvalue weighted by Crippen LogP contribution is -2.14. The molecule has 2 nitrogen and oxygen atoms in total. The summed E-state index contributed by atoms with van der Waals surface area (Å²) in [4.78, 5) is 5.37. The van der Waals surface area contributed by atoms with Crippen LogP contribution in [0.15, 0.2) is 24.0 Å². The molecule has 1 heterocycles. The molecule has 0 spiro atoms. The van der Waals surface area contributed by atoms with Crippen LogP contribution in [0.25, 0.3) is 0 Å². The highest BCUT2D eigenvalue weighted by molar-refractivity contribution is 5.16. The molecule has 2 aliphatic rings. The van der Waals surface area contributed by atoms with Crippen molar-refractivity contribution in [1.29, 1.82) is 0 Å². The molecule has 2 rings (SSSR count). The Balaban J connectivity index is 2.11. The van der Waals surface area contributed by atoms with Gasteiger partial charge in [0, 0.05) is 12.5 Å². The molecular formula is C9H13NO. The van der Waals surface area contributed by atoms with Crippen molar-refractivity contribution in [2.24, 2.45) is 5.92 Å². The molecule has 60 valence electrons. The fraction of sp³-hybridized carbons (Fsp3) is 0.556. The van der Waals surface area contributed by atoms with E-state index < -0.39 is 0 Å². The number of fused-ring (bicyclic) bond motifs is 1. The van der Waals surface area contributed by atoms with Gasteiger partial charge in [-0.1, -0.05) is 12.2 Å². The molecule has 1 saturated heterocycles. The van der Waals surface area contributed by atoms with Gasteiger partial charge in [-0.25, -0.2) is 0 Å². The van der Waals surface area contributed by atoms with Crippen LogP contribution in [0.4, 0.5) is 0 Å². The van der Waals surface area contributed by atoms with Gasteiger partial charge in [-0.2, -0.15) is 5.48 Å². The predicted octanol–water partition coefficient (Wildman–Crippen LogP) is 1.76. The maximum Gasteiger partial charge on any atom is 0.127 e. The Bertz CT molecular complexity index is 196. The molecule has 1 aliphatic heterocycles. The van der Waals surface area contributed by atoms with Gasteiger partial charge in [-0.05, 0) is 25.3 Å². The highest BCUT2D eigenvalue weighted by Crippen LogP contribution is 2.26. The molecule has 1 aliphatic carbocycles. The van der Waals surface area contributed by atoms with Crippen molar-refractivity contribution >= 4 is 0 Å². The molecule has 0 amide bonds. The number of rotatable bonds is 0. The van der Waals surface area contributed by atoms with Gasteiger partial charge >= 0.3 is 0 Å². The highest BCUT2D eigenvalue weighted by atomic mass is 16.6. The van der Waals surface area contributed by atoms with Crippen LogP contribution in [0.5, 0.6) is 0 Å². The Morgan fingerprint density at radius 3 is 3.55 bits per heavy atom. The van der Waals surface area contributed by atoms with Gasteiger partial charge in [0.15, 0.2) is 0 Å². The summed E-state index contributed by atoms with van der Waals surface area (Å²) in [6.07, 6.45) is 9.96. The summed E-state index contributed by atoms with van der Waals surface area (Å²) in [7, 11) is 0. The molecule has 1 atom stereocenters. The third kappa shape index (κ3) is 1.46. The smallest absolute Gasteiger partial charge is 0.127 e. The Kier molecular flexibility index (Phi) is 1.95. The third-order valence-corrected chi connectivity index (χ3v) is 2.24. The fourth-order valence-electron chi connectivity index (χ4n) is 1.59. The van der Waals surface area contributed by atoms with Crippen molar-refractivity contribution in [3.63, 3.8) is 0 Å². The van der Waals surface area contributed by atoms with Crippen LogP contribution < -0.4 is 5.48 Å². The molecule has 1 N–H and O–H groups in total. The minimum atomic E-state index is 0.634. The van der Waals surface area contributed by atoms with E-state index in [0.717, 1.165) is 18.7 Å². The molecule has 0 aromatic rings. The van der Waals surface area contributed by atoms with Gasteiger partial charge in [0.25, 0.3) is 0 Å². The van der Waals surface area contributed by atoms with E-state index in [4.69, 9.17) is 4.84 Å². The highest BCUT2D eigenvalue weighted by Gasteiger charge is 2.18. The van der Waals surface area contributed by atoms with Gasteiger partial charge < -0.3 is 4.84 Å². The first-order valence-electron chi connectivity index (χ1n) is 4.23. The van der Waals surface area contributed by atoms with E-state index in [1.807, 2.05) is 0 Å². The third-order valence-electron chi connectivity index (χ3n) is 2.24. The van der Waals surface area contributed by atoms with Crippen LogP contribution in [-0.2, 0) is 4.84 Å². The second kappa shape index (κ2) is 3.09. The molecule has 1 fully saturated rings. The molecule has 11 heavy (non-hydrogen) atoms. The molecule has 1 unspecified atom stereocenters. The Labute approximate surface area is 66.9 Å². The minimum absolute atomic E-state index is 0.634. The first kappa shape index (κ1) is 6.92. The summed E-state index contributed by atoms with van der Waals surface area (Å²) in [5, 5.41) is 0. The van der Waals surface area contributed by atoms with Crippen molar-refractivity contribution < 1.29 is 4.84 Å². The summed E-state index contributed by atoms with van der Waals surface area (Å²) in [6, 6.07) is 0. The first-order valence-corrected chi connectivity index (χ1v) is 4.23. The van der Waals surface area contributed by atoms with Crippen molar-refractivity contribution in [2.75, 3.05) is 6.54 Å². The lowest BCUT2D eigenvalue weighted by Gasteiger charge is -2.16. The average molecular weight is 151 g/mol. The van der Waals surface area contributed by atoms with Crippen LogP contribution in [0.1, 0.15) is 19.3 Å². The zero-order valence-electron chi connectivity index (χ0n) is 6.55. The molecule has 0 radical (unpaired) electrons. The second-order valence-corrected chi connectivity index (χ2v) is 3.07. The second-order valence-electron chi connectivity index (χ2n) is 3.07. The van der Waals surface area contributed by atoms with E-state index in [1.165, 1.54) is 12.8 Å². The summed E-state index contributed by atoms with van der Waals surface area (Å²) in [5.41, 5.74) is 2.94. The van der Waals surface area contributed by atoms with Crippen molar-refractivity contribution in [1.82, 2.24) is 5.48 Å². The average Bonchev–Trinajstić information content (AvgIpc) is 2.28. The van der Waals surface area contributed by atoms with Gasteiger partial charge in [-0.3, -0.25) is 0 Å². The molecule has 0 aromatic carbocycles. The van der Waals surface area contributed by atoms with Gasteiger partial charge in [0.1, 0.15) is 5.76 Å². The zero-order chi connectivity index (χ0) is 7.52. The lowest BCUT2D eigenvalue weighted by atomic mass is 9.94. The SMILES string of the molecule is C1=CCC2CCCNOC2=C1. The van der Waals surface area contributed by atoms with Crippen LogP contribution in [0, 0.1) is 5.92 Å². The summed E-state index contributed by atoms with van der Waals surface area (Å²) in [5.74, 6) is 1.75. The van der Waals surface area contributed by atoms with Gasteiger partial charge in [0.2, 0.25) is 0 Å². The molecular weight excluding hydrogens is 138 g/mol. The van der Waals surface area contributed by atoms with Gasteiger partial charge in [0.05, 0.1) is 0 Å². The molecule has 0 saturated carbocycles. The number of hydroxylamine groups is 1. The fourth-order valence-corrected chi connectivity index (χ4v) is 1.59. The maximum atomic E-state index is 5.37. The van der Waals surface area contributed by atoms with Gasteiger partial charge in [-0.15, -0.1) is 0 Å². The zero-order valence-corrected chi connectivity index (χ0v) is 6.55. The number of nitrogens with one attached hydrogen (secondary N) is 1. The minimum Gasteiger partial charge on any atom is -0.413 e. The topological polar surface area (TPSA) is 21.3 Å². The molecule has 0 bridgehead atoms. The van der Waals surface area contributed by atoms with Crippen molar-refractivity contribution in [3.8, 4) is 0 Å². The van der Waals surface area contributed by atoms with E-state index in [2.05, 4.69) is 23.7 Å². The van der Waals surface area contributed by atoms with Crippen LogP contribution in [0.3, 0.4) is 0 Å². The van der Waals surface area contributed by atoms with Crippen molar-refractivity contribution in [2.45, 2.75) is 19.3 Å². The Morgan fingerprint density at radius 2 is 2.55 bits per heavy atom. The number of hydrogen-bond donors (Lipinski definition) is 1. The largest absolute Gasteiger partial charge is 0.413 e. The Morgan fingerprint density at radius 1 is 1.55 bits per heavy atom. The van der Waals surface area contributed by atoms with Crippen LogP contribution in [0.2, 0.25) is 0 Å².